The van der Waals surface area contributed by atoms with Crippen LogP contribution in [0.25, 0.3) is 21.3 Å². The van der Waals surface area contributed by atoms with Crippen LogP contribution < -0.4 is 0 Å². The second kappa shape index (κ2) is 8.18. The van der Waals surface area contributed by atoms with Gasteiger partial charge in [-0.05, 0) is 30.4 Å². The molecule has 6 heteroatoms. The van der Waals surface area contributed by atoms with Crippen LogP contribution in [-0.2, 0) is 4.79 Å². The molecule has 2 heterocycles. The predicted molar refractivity (Wildman–Crippen MR) is 109 cm³/mol. The number of thiophene rings is 1. The second-order valence-electron chi connectivity index (χ2n) is 6.53. The molecule has 0 saturated carbocycles. The maximum Gasteiger partial charge on any atom is 0.303 e. The SMILES string of the molecule is Cc1nc(SCCCC(=O)O)c2c(-c3ccc(C(C)C)cc3)csc2n1. The summed E-state index contributed by atoms with van der Waals surface area (Å²) in [5, 5.41) is 13.0. The van der Waals surface area contributed by atoms with Gasteiger partial charge in [-0.25, -0.2) is 9.97 Å². The smallest absolute Gasteiger partial charge is 0.303 e. The average molecular weight is 387 g/mol. The molecule has 0 aliphatic heterocycles. The third-order valence-corrected chi connectivity index (χ3v) is 6.11. The van der Waals surface area contributed by atoms with E-state index in [2.05, 4.69) is 53.5 Å². The zero-order valence-corrected chi connectivity index (χ0v) is 16.8. The molecular formula is C20H22N2O2S2. The van der Waals surface area contributed by atoms with Gasteiger partial charge in [0, 0.05) is 23.1 Å². The average Bonchev–Trinajstić information content (AvgIpc) is 3.02. The Morgan fingerprint density at radius 2 is 1.96 bits per heavy atom. The lowest BCUT2D eigenvalue weighted by atomic mass is 9.99. The summed E-state index contributed by atoms with van der Waals surface area (Å²) in [4.78, 5) is 20.9. The first-order valence-electron chi connectivity index (χ1n) is 8.66. The summed E-state index contributed by atoms with van der Waals surface area (Å²) in [6.45, 7) is 6.28. The van der Waals surface area contributed by atoms with Crippen molar-refractivity contribution in [3.8, 4) is 11.1 Å². The number of aryl methyl sites for hydroxylation is 1. The number of rotatable bonds is 7. The van der Waals surface area contributed by atoms with Crippen LogP contribution in [0.5, 0.6) is 0 Å². The molecule has 0 unspecified atom stereocenters. The molecule has 4 nitrogen and oxygen atoms in total. The molecule has 3 rings (SSSR count). The third-order valence-electron chi connectivity index (χ3n) is 4.17. The van der Waals surface area contributed by atoms with Gasteiger partial charge in [0.05, 0.1) is 5.39 Å². The Kier molecular flexibility index (Phi) is 5.94. The summed E-state index contributed by atoms with van der Waals surface area (Å²) >= 11 is 3.25. The Morgan fingerprint density at radius 3 is 2.62 bits per heavy atom. The van der Waals surface area contributed by atoms with Crippen molar-refractivity contribution in [1.82, 2.24) is 9.97 Å². The minimum Gasteiger partial charge on any atom is -0.481 e. The van der Waals surface area contributed by atoms with E-state index in [1.165, 1.54) is 11.1 Å². The van der Waals surface area contributed by atoms with E-state index < -0.39 is 5.97 Å². The maximum atomic E-state index is 10.7. The van der Waals surface area contributed by atoms with Crippen molar-refractivity contribution in [2.45, 2.75) is 44.6 Å². The fourth-order valence-electron chi connectivity index (χ4n) is 2.77. The van der Waals surface area contributed by atoms with E-state index in [1.807, 2.05) is 6.92 Å². The minimum absolute atomic E-state index is 0.188. The lowest BCUT2D eigenvalue weighted by molar-refractivity contribution is -0.137. The monoisotopic (exact) mass is 386 g/mol. The molecule has 0 fully saturated rings. The molecule has 1 N–H and O–H groups in total. The summed E-state index contributed by atoms with van der Waals surface area (Å²) in [5.74, 6) is 1.24. The van der Waals surface area contributed by atoms with Crippen molar-refractivity contribution < 1.29 is 9.90 Å². The number of carboxylic acid groups (broad SMARTS) is 1. The summed E-state index contributed by atoms with van der Waals surface area (Å²) < 4.78 is 0. The molecule has 0 aliphatic rings. The molecular weight excluding hydrogens is 364 g/mol. The number of carbonyl (C=O) groups is 1. The van der Waals surface area contributed by atoms with Crippen LogP contribution in [0, 0.1) is 6.92 Å². The van der Waals surface area contributed by atoms with Gasteiger partial charge in [-0.1, -0.05) is 38.1 Å². The van der Waals surface area contributed by atoms with Gasteiger partial charge in [-0.2, -0.15) is 0 Å². The van der Waals surface area contributed by atoms with Crippen LogP contribution >= 0.6 is 23.1 Å². The van der Waals surface area contributed by atoms with E-state index in [0.717, 1.165) is 32.4 Å². The van der Waals surface area contributed by atoms with E-state index in [-0.39, 0.29) is 6.42 Å². The Balaban J connectivity index is 1.94. The molecule has 3 aromatic rings. The van der Waals surface area contributed by atoms with Gasteiger partial charge in [-0.3, -0.25) is 4.79 Å². The lowest BCUT2D eigenvalue weighted by Crippen LogP contribution is -1.96. The number of aromatic nitrogens is 2. The third kappa shape index (κ3) is 4.24. The van der Waals surface area contributed by atoms with E-state index >= 15 is 0 Å². The molecule has 2 aromatic heterocycles. The molecule has 0 spiro atoms. The van der Waals surface area contributed by atoms with Crippen molar-refractivity contribution in [2.24, 2.45) is 0 Å². The molecule has 136 valence electrons. The highest BCUT2D eigenvalue weighted by Crippen LogP contribution is 2.38. The Hall–Kier alpha value is -1.92. The normalized spacial score (nSPS) is 11.4. The van der Waals surface area contributed by atoms with Gasteiger partial charge in [0.2, 0.25) is 0 Å². The second-order valence-corrected chi connectivity index (χ2v) is 8.47. The van der Waals surface area contributed by atoms with Crippen molar-refractivity contribution >= 4 is 39.3 Å². The Morgan fingerprint density at radius 1 is 1.23 bits per heavy atom. The fraction of sp³-hybridized carbons (Fsp3) is 0.350. The van der Waals surface area contributed by atoms with Gasteiger partial charge < -0.3 is 5.11 Å². The Bertz CT molecular complexity index is 917. The molecule has 0 aliphatic carbocycles. The number of thioether (sulfide) groups is 1. The summed E-state index contributed by atoms with van der Waals surface area (Å²) in [7, 11) is 0. The van der Waals surface area contributed by atoms with E-state index in [0.29, 0.717) is 12.3 Å². The van der Waals surface area contributed by atoms with Gasteiger partial charge in [0.25, 0.3) is 0 Å². The number of fused-ring (bicyclic) bond motifs is 1. The highest BCUT2D eigenvalue weighted by atomic mass is 32.2. The number of nitrogens with zero attached hydrogens (tertiary/aromatic N) is 2. The van der Waals surface area contributed by atoms with Gasteiger partial charge in [0.15, 0.2) is 0 Å². The zero-order valence-electron chi connectivity index (χ0n) is 15.2. The summed E-state index contributed by atoms with van der Waals surface area (Å²) in [6.07, 6.45) is 0.820. The summed E-state index contributed by atoms with van der Waals surface area (Å²) in [6, 6.07) is 8.68. The van der Waals surface area contributed by atoms with Crippen LogP contribution in [0.1, 0.15) is 44.0 Å². The quantitative estimate of drug-likeness (QED) is 0.318. The number of aliphatic carboxylic acids is 1. The van der Waals surface area contributed by atoms with Gasteiger partial charge in [0.1, 0.15) is 15.7 Å². The lowest BCUT2D eigenvalue weighted by Gasteiger charge is -2.08. The zero-order chi connectivity index (χ0) is 18.7. The number of hydrogen-bond acceptors (Lipinski definition) is 5. The molecule has 0 atom stereocenters. The molecule has 1 aromatic carbocycles. The first-order chi connectivity index (χ1) is 12.5. The van der Waals surface area contributed by atoms with E-state index in [1.54, 1.807) is 23.1 Å². The van der Waals surface area contributed by atoms with Crippen molar-refractivity contribution in [2.75, 3.05) is 5.75 Å². The van der Waals surface area contributed by atoms with Crippen molar-refractivity contribution in [3.63, 3.8) is 0 Å². The molecule has 26 heavy (non-hydrogen) atoms. The van der Waals surface area contributed by atoms with Crippen LogP contribution in [0.15, 0.2) is 34.7 Å². The Labute approximate surface area is 161 Å². The summed E-state index contributed by atoms with van der Waals surface area (Å²) in [5.41, 5.74) is 3.64. The predicted octanol–water partition coefficient (Wildman–Crippen LogP) is 5.75. The largest absolute Gasteiger partial charge is 0.481 e. The number of benzene rings is 1. The number of hydrogen-bond donors (Lipinski definition) is 1. The molecule has 0 radical (unpaired) electrons. The van der Waals surface area contributed by atoms with E-state index in [9.17, 15) is 4.79 Å². The first kappa shape index (κ1) is 18.9. The fourth-order valence-corrected chi connectivity index (χ4v) is 4.86. The van der Waals surface area contributed by atoms with Crippen LogP contribution in [-0.4, -0.2) is 26.8 Å². The van der Waals surface area contributed by atoms with Crippen LogP contribution in [0.4, 0.5) is 0 Å². The highest BCUT2D eigenvalue weighted by Gasteiger charge is 2.15. The topological polar surface area (TPSA) is 63.1 Å². The molecule has 0 bridgehead atoms. The maximum absolute atomic E-state index is 10.7. The highest BCUT2D eigenvalue weighted by molar-refractivity contribution is 7.99. The first-order valence-corrected chi connectivity index (χ1v) is 10.5. The van der Waals surface area contributed by atoms with Crippen LogP contribution in [0.2, 0.25) is 0 Å². The minimum atomic E-state index is -0.754. The van der Waals surface area contributed by atoms with Gasteiger partial charge >= 0.3 is 5.97 Å². The number of carboxylic acids is 1. The molecule has 0 amide bonds. The van der Waals surface area contributed by atoms with Crippen molar-refractivity contribution in [3.05, 3.63) is 41.0 Å². The van der Waals surface area contributed by atoms with Gasteiger partial charge in [-0.15, -0.1) is 23.1 Å². The molecule has 0 saturated heterocycles. The van der Waals surface area contributed by atoms with E-state index in [4.69, 9.17) is 5.11 Å². The standard InChI is InChI=1S/C20H22N2O2S2/c1-12(2)14-6-8-15(9-7-14)16-11-26-20-18(16)19(21-13(3)22-20)25-10-4-5-17(23)24/h6-9,11-12H,4-5,10H2,1-3H3,(H,23,24). The van der Waals surface area contributed by atoms with Crippen molar-refractivity contribution in [1.29, 1.82) is 0 Å². The van der Waals surface area contributed by atoms with Crippen LogP contribution in [0.3, 0.4) is 0 Å².